The molecule has 2 fully saturated rings. The highest BCUT2D eigenvalue weighted by atomic mass is 32.2. The fourth-order valence-corrected chi connectivity index (χ4v) is 2.98. The number of amides is 2. The molecule has 0 radical (unpaired) electrons. The summed E-state index contributed by atoms with van der Waals surface area (Å²) in [5, 5.41) is 2.86. The van der Waals surface area contributed by atoms with E-state index in [0.717, 1.165) is 25.0 Å². The molecule has 102 valence electrons. The van der Waals surface area contributed by atoms with Crippen molar-refractivity contribution in [1.29, 1.82) is 0 Å². The standard InChI is InChI=1S/C13H22N2O2S/c1-13(2)12(17)15(7-4-8-18-3)10(9-5-6-9)11(16)14-13/h9-10H,4-8H2,1-3H3,(H,14,16). The van der Waals surface area contributed by atoms with Gasteiger partial charge in [-0.2, -0.15) is 11.8 Å². The molecule has 0 aromatic carbocycles. The Kier molecular flexibility index (Phi) is 3.90. The summed E-state index contributed by atoms with van der Waals surface area (Å²) in [7, 11) is 0. The molecule has 0 bridgehead atoms. The van der Waals surface area contributed by atoms with Crippen LogP contribution in [0.5, 0.6) is 0 Å². The lowest BCUT2D eigenvalue weighted by Crippen LogP contribution is -2.68. The first-order valence-electron chi connectivity index (χ1n) is 6.59. The molecule has 1 unspecified atom stereocenters. The molecule has 2 rings (SSSR count). The number of carbonyl (C=O) groups excluding carboxylic acids is 2. The Hall–Kier alpha value is -0.710. The lowest BCUT2D eigenvalue weighted by molar-refractivity contribution is -0.154. The monoisotopic (exact) mass is 270 g/mol. The maximum atomic E-state index is 12.4. The molecular formula is C13H22N2O2S. The first-order valence-corrected chi connectivity index (χ1v) is 7.99. The van der Waals surface area contributed by atoms with Gasteiger partial charge in [-0.3, -0.25) is 9.59 Å². The number of rotatable bonds is 5. The van der Waals surface area contributed by atoms with E-state index in [0.29, 0.717) is 12.5 Å². The van der Waals surface area contributed by atoms with E-state index >= 15 is 0 Å². The van der Waals surface area contributed by atoms with Crippen molar-refractivity contribution in [3.05, 3.63) is 0 Å². The van der Waals surface area contributed by atoms with Gasteiger partial charge in [-0.05, 0) is 51.0 Å². The van der Waals surface area contributed by atoms with Gasteiger partial charge >= 0.3 is 0 Å². The van der Waals surface area contributed by atoms with Crippen LogP contribution < -0.4 is 5.32 Å². The lowest BCUT2D eigenvalue weighted by Gasteiger charge is -2.43. The first-order chi connectivity index (χ1) is 8.47. The van der Waals surface area contributed by atoms with E-state index in [1.54, 1.807) is 25.6 Å². The first kappa shape index (κ1) is 13.7. The molecule has 1 atom stereocenters. The largest absolute Gasteiger partial charge is 0.340 e. The Morgan fingerprint density at radius 3 is 2.61 bits per heavy atom. The molecular weight excluding hydrogens is 248 g/mol. The van der Waals surface area contributed by atoms with Crippen LogP contribution in [0.1, 0.15) is 33.1 Å². The van der Waals surface area contributed by atoms with E-state index in [1.807, 2.05) is 4.90 Å². The highest BCUT2D eigenvalue weighted by molar-refractivity contribution is 7.98. The zero-order valence-electron chi connectivity index (χ0n) is 11.4. The van der Waals surface area contributed by atoms with Crippen LogP contribution in [-0.2, 0) is 9.59 Å². The normalized spacial score (nSPS) is 27.3. The van der Waals surface area contributed by atoms with Gasteiger partial charge in [0.05, 0.1) is 0 Å². The Labute approximate surface area is 113 Å². The Morgan fingerprint density at radius 2 is 2.06 bits per heavy atom. The highest BCUT2D eigenvalue weighted by Crippen LogP contribution is 2.38. The van der Waals surface area contributed by atoms with Crippen molar-refractivity contribution < 1.29 is 9.59 Å². The predicted octanol–water partition coefficient (Wildman–Crippen LogP) is 1.26. The quantitative estimate of drug-likeness (QED) is 0.765. The number of piperazine rings is 1. The third-order valence-corrected chi connectivity index (χ3v) is 4.35. The van der Waals surface area contributed by atoms with Crippen molar-refractivity contribution in [3.8, 4) is 0 Å². The molecule has 0 spiro atoms. The summed E-state index contributed by atoms with van der Waals surface area (Å²) in [6.07, 6.45) is 5.17. The summed E-state index contributed by atoms with van der Waals surface area (Å²) in [4.78, 5) is 26.4. The number of nitrogens with one attached hydrogen (secondary N) is 1. The van der Waals surface area contributed by atoms with E-state index in [1.165, 1.54) is 0 Å². The summed E-state index contributed by atoms with van der Waals surface area (Å²) in [5.41, 5.74) is -0.748. The van der Waals surface area contributed by atoms with E-state index in [2.05, 4.69) is 11.6 Å². The van der Waals surface area contributed by atoms with Crippen LogP contribution in [0, 0.1) is 5.92 Å². The van der Waals surface area contributed by atoms with Crippen LogP contribution in [0.15, 0.2) is 0 Å². The van der Waals surface area contributed by atoms with Crippen molar-refractivity contribution >= 4 is 23.6 Å². The number of nitrogens with zero attached hydrogens (tertiary/aromatic N) is 1. The van der Waals surface area contributed by atoms with Crippen LogP contribution in [0.25, 0.3) is 0 Å². The number of thioether (sulfide) groups is 1. The molecule has 2 aliphatic rings. The van der Waals surface area contributed by atoms with E-state index in [-0.39, 0.29) is 17.9 Å². The molecule has 1 aliphatic carbocycles. The zero-order valence-corrected chi connectivity index (χ0v) is 12.2. The molecule has 18 heavy (non-hydrogen) atoms. The van der Waals surface area contributed by atoms with Crippen molar-refractivity contribution in [2.45, 2.75) is 44.7 Å². The van der Waals surface area contributed by atoms with E-state index in [9.17, 15) is 9.59 Å². The second kappa shape index (κ2) is 5.11. The van der Waals surface area contributed by atoms with Gasteiger partial charge in [-0.1, -0.05) is 0 Å². The van der Waals surface area contributed by atoms with Gasteiger partial charge in [0.2, 0.25) is 11.8 Å². The van der Waals surface area contributed by atoms with Crippen LogP contribution in [-0.4, -0.2) is 46.8 Å². The average molecular weight is 270 g/mol. The molecule has 1 heterocycles. The topological polar surface area (TPSA) is 49.4 Å². The van der Waals surface area contributed by atoms with Crippen molar-refractivity contribution in [2.24, 2.45) is 5.92 Å². The number of carbonyl (C=O) groups is 2. The third-order valence-electron chi connectivity index (χ3n) is 3.65. The summed E-state index contributed by atoms with van der Waals surface area (Å²) < 4.78 is 0. The van der Waals surface area contributed by atoms with E-state index in [4.69, 9.17) is 0 Å². The van der Waals surface area contributed by atoms with Crippen LogP contribution in [0.3, 0.4) is 0 Å². The van der Waals surface area contributed by atoms with Gasteiger partial charge in [0, 0.05) is 6.54 Å². The highest BCUT2D eigenvalue weighted by Gasteiger charge is 2.50. The smallest absolute Gasteiger partial charge is 0.248 e. The molecule has 4 nitrogen and oxygen atoms in total. The second-order valence-corrected chi connectivity index (χ2v) is 6.73. The fourth-order valence-electron chi connectivity index (χ4n) is 2.56. The van der Waals surface area contributed by atoms with Crippen LogP contribution in [0.4, 0.5) is 0 Å². The van der Waals surface area contributed by atoms with Gasteiger partial charge in [0.25, 0.3) is 0 Å². The SMILES string of the molecule is CSCCCN1C(=O)C(C)(C)NC(=O)C1C1CC1. The maximum absolute atomic E-state index is 12.4. The Morgan fingerprint density at radius 1 is 1.39 bits per heavy atom. The second-order valence-electron chi connectivity index (χ2n) is 5.74. The van der Waals surface area contributed by atoms with Gasteiger partial charge in [0.1, 0.15) is 11.6 Å². The lowest BCUT2D eigenvalue weighted by atomic mass is 9.94. The summed E-state index contributed by atoms with van der Waals surface area (Å²) in [6, 6.07) is -0.215. The molecule has 1 aliphatic heterocycles. The van der Waals surface area contributed by atoms with Crippen molar-refractivity contribution in [2.75, 3.05) is 18.6 Å². The minimum absolute atomic E-state index is 0.0336. The van der Waals surface area contributed by atoms with Gasteiger partial charge in [-0.15, -0.1) is 0 Å². The molecule has 2 amide bonds. The maximum Gasteiger partial charge on any atom is 0.248 e. The molecule has 1 saturated carbocycles. The number of hydrogen-bond acceptors (Lipinski definition) is 3. The minimum atomic E-state index is -0.748. The predicted molar refractivity (Wildman–Crippen MR) is 73.4 cm³/mol. The molecule has 0 aromatic heterocycles. The van der Waals surface area contributed by atoms with Crippen molar-refractivity contribution in [1.82, 2.24) is 10.2 Å². The van der Waals surface area contributed by atoms with E-state index < -0.39 is 5.54 Å². The molecule has 1 saturated heterocycles. The molecule has 5 heteroatoms. The Bertz CT molecular complexity index is 353. The Balaban J connectivity index is 2.11. The molecule has 0 aromatic rings. The van der Waals surface area contributed by atoms with Gasteiger partial charge < -0.3 is 10.2 Å². The summed E-state index contributed by atoms with van der Waals surface area (Å²) in [5.74, 6) is 1.52. The fraction of sp³-hybridized carbons (Fsp3) is 0.846. The zero-order chi connectivity index (χ0) is 13.3. The van der Waals surface area contributed by atoms with Crippen LogP contribution in [0.2, 0.25) is 0 Å². The molecule has 1 N–H and O–H groups in total. The van der Waals surface area contributed by atoms with Crippen LogP contribution >= 0.6 is 11.8 Å². The van der Waals surface area contributed by atoms with Gasteiger partial charge in [0.15, 0.2) is 0 Å². The summed E-state index contributed by atoms with van der Waals surface area (Å²) in [6.45, 7) is 4.29. The third kappa shape index (κ3) is 2.66. The van der Waals surface area contributed by atoms with Gasteiger partial charge in [-0.25, -0.2) is 0 Å². The number of hydrogen-bond donors (Lipinski definition) is 1. The van der Waals surface area contributed by atoms with Crippen molar-refractivity contribution in [3.63, 3.8) is 0 Å². The average Bonchev–Trinajstić information content (AvgIpc) is 3.09. The summed E-state index contributed by atoms with van der Waals surface area (Å²) >= 11 is 1.78. The minimum Gasteiger partial charge on any atom is -0.340 e.